The van der Waals surface area contributed by atoms with E-state index < -0.39 is 23.7 Å². The van der Waals surface area contributed by atoms with Crippen LogP contribution in [0.5, 0.6) is 0 Å². The summed E-state index contributed by atoms with van der Waals surface area (Å²) in [6.07, 6.45) is -3.84. The van der Waals surface area contributed by atoms with Crippen LogP contribution in [0.3, 0.4) is 0 Å². The topological polar surface area (TPSA) is 58.2 Å². The van der Waals surface area contributed by atoms with Gasteiger partial charge in [0.25, 0.3) is 0 Å². The highest BCUT2D eigenvalue weighted by molar-refractivity contribution is 6.01. The monoisotopic (exact) mass is 272 g/mol. The first-order chi connectivity index (χ1) is 8.86. The van der Waals surface area contributed by atoms with Crippen molar-refractivity contribution in [2.45, 2.75) is 25.1 Å². The minimum Gasteiger partial charge on any atom is -0.374 e. The van der Waals surface area contributed by atoms with Gasteiger partial charge in [-0.25, -0.2) is 0 Å². The molecule has 1 saturated heterocycles. The van der Waals surface area contributed by atoms with Gasteiger partial charge in [-0.2, -0.15) is 13.2 Å². The van der Waals surface area contributed by atoms with E-state index in [0.717, 1.165) is 12.1 Å². The zero-order valence-electron chi connectivity index (χ0n) is 9.75. The van der Waals surface area contributed by atoms with Gasteiger partial charge in [0, 0.05) is 12.1 Å². The molecule has 1 aliphatic heterocycles. The largest absolute Gasteiger partial charge is 0.416 e. The Labute approximate surface area is 107 Å². The third kappa shape index (κ3) is 3.24. The van der Waals surface area contributed by atoms with Gasteiger partial charge in [-0.15, -0.1) is 0 Å². The molecule has 0 aromatic heterocycles. The summed E-state index contributed by atoms with van der Waals surface area (Å²) in [5, 5.41) is 4.96. The fourth-order valence-electron chi connectivity index (χ4n) is 1.79. The van der Waals surface area contributed by atoms with Crippen LogP contribution in [0.4, 0.5) is 18.9 Å². The van der Waals surface area contributed by atoms with Crippen LogP contribution in [0.2, 0.25) is 0 Å². The van der Waals surface area contributed by atoms with E-state index in [9.17, 15) is 22.8 Å². The highest BCUT2D eigenvalue weighted by atomic mass is 19.4. The van der Waals surface area contributed by atoms with Gasteiger partial charge in [0.15, 0.2) is 0 Å². The molecule has 102 valence electrons. The Morgan fingerprint density at radius 2 is 1.79 bits per heavy atom. The fraction of sp³-hybridized carbons (Fsp3) is 0.333. The van der Waals surface area contributed by atoms with Gasteiger partial charge >= 0.3 is 6.18 Å². The molecule has 0 bridgehead atoms. The number of anilines is 1. The normalized spacial score (nSPS) is 20.1. The lowest BCUT2D eigenvalue weighted by Crippen LogP contribution is -2.47. The molecule has 0 spiro atoms. The first-order valence-corrected chi connectivity index (χ1v) is 5.64. The van der Waals surface area contributed by atoms with Crippen molar-refractivity contribution in [1.29, 1.82) is 0 Å². The molecule has 0 radical (unpaired) electrons. The Balaban J connectivity index is 2.04. The first kappa shape index (κ1) is 13.4. The second-order valence-electron chi connectivity index (χ2n) is 4.22. The average molecular weight is 272 g/mol. The number of amides is 2. The average Bonchev–Trinajstić information content (AvgIpc) is 2.32. The summed E-state index contributed by atoms with van der Waals surface area (Å²) in [4.78, 5) is 22.4. The molecule has 1 aliphatic rings. The van der Waals surface area contributed by atoms with Crippen LogP contribution < -0.4 is 10.6 Å². The molecule has 7 heteroatoms. The van der Waals surface area contributed by atoms with Crippen LogP contribution >= 0.6 is 0 Å². The zero-order valence-corrected chi connectivity index (χ0v) is 9.75. The number of hydrogen-bond donors (Lipinski definition) is 2. The number of carbonyl (C=O) groups is 2. The molecular weight excluding hydrogens is 261 g/mol. The van der Waals surface area contributed by atoms with Crippen molar-refractivity contribution in [3.05, 3.63) is 29.8 Å². The maximum atomic E-state index is 12.4. The lowest BCUT2D eigenvalue weighted by molar-refractivity contribution is -0.137. The van der Waals surface area contributed by atoms with E-state index in [1.54, 1.807) is 0 Å². The number of halogens is 3. The summed E-state index contributed by atoms with van der Waals surface area (Å²) in [6, 6.07) is 3.79. The van der Waals surface area contributed by atoms with Gasteiger partial charge in [0.05, 0.1) is 5.56 Å². The SMILES string of the molecule is O=C1CCC(Nc2ccc(C(F)(F)F)cc2)C(=O)N1. The molecule has 1 heterocycles. The lowest BCUT2D eigenvalue weighted by atomic mass is 10.1. The van der Waals surface area contributed by atoms with Crippen LogP contribution in [-0.4, -0.2) is 17.9 Å². The Bertz CT molecular complexity index is 497. The zero-order chi connectivity index (χ0) is 14.0. The van der Waals surface area contributed by atoms with Crippen molar-refractivity contribution in [1.82, 2.24) is 5.32 Å². The summed E-state index contributed by atoms with van der Waals surface area (Å²) < 4.78 is 37.1. The van der Waals surface area contributed by atoms with Crippen LogP contribution in [0.15, 0.2) is 24.3 Å². The smallest absolute Gasteiger partial charge is 0.374 e. The Hall–Kier alpha value is -2.05. The van der Waals surface area contributed by atoms with Crippen molar-refractivity contribution < 1.29 is 22.8 Å². The van der Waals surface area contributed by atoms with Gasteiger partial charge in [0.2, 0.25) is 11.8 Å². The third-order valence-corrected chi connectivity index (χ3v) is 2.79. The van der Waals surface area contributed by atoms with E-state index in [0.29, 0.717) is 12.1 Å². The summed E-state index contributed by atoms with van der Waals surface area (Å²) in [5.74, 6) is -0.799. The minimum absolute atomic E-state index is 0.212. The number of hydrogen-bond acceptors (Lipinski definition) is 3. The number of carbonyl (C=O) groups excluding carboxylic acids is 2. The number of nitrogens with one attached hydrogen (secondary N) is 2. The van der Waals surface area contributed by atoms with E-state index >= 15 is 0 Å². The van der Waals surface area contributed by atoms with Crippen molar-refractivity contribution in [3.63, 3.8) is 0 Å². The Morgan fingerprint density at radius 1 is 1.16 bits per heavy atom. The molecular formula is C12H11F3N2O2. The molecule has 19 heavy (non-hydrogen) atoms. The van der Waals surface area contributed by atoms with Gasteiger partial charge in [-0.1, -0.05) is 0 Å². The minimum atomic E-state index is -4.38. The molecule has 0 saturated carbocycles. The number of alkyl halides is 3. The van der Waals surface area contributed by atoms with Gasteiger partial charge in [0.1, 0.15) is 6.04 Å². The molecule has 1 aromatic carbocycles. The maximum absolute atomic E-state index is 12.4. The number of benzene rings is 1. The molecule has 1 fully saturated rings. The van der Waals surface area contributed by atoms with Gasteiger partial charge in [-0.05, 0) is 30.7 Å². The summed E-state index contributed by atoms with van der Waals surface area (Å²) >= 11 is 0. The second-order valence-corrected chi connectivity index (χ2v) is 4.22. The highest BCUT2D eigenvalue weighted by Gasteiger charge is 2.30. The van der Waals surface area contributed by atoms with E-state index in [-0.39, 0.29) is 12.3 Å². The van der Waals surface area contributed by atoms with Crippen LogP contribution in [0, 0.1) is 0 Å². The fourth-order valence-corrected chi connectivity index (χ4v) is 1.79. The molecule has 4 nitrogen and oxygen atoms in total. The van der Waals surface area contributed by atoms with E-state index in [2.05, 4.69) is 10.6 Å². The first-order valence-electron chi connectivity index (χ1n) is 5.64. The van der Waals surface area contributed by atoms with Crippen LogP contribution in [-0.2, 0) is 15.8 Å². The molecule has 2 N–H and O–H groups in total. The predicted octanol–water partition coefficient (Wildman–Crippen LogP) is 1.92. The Morgan fingerprint density at radius 3 is 2.32 bits per heavy atom. The van der Waals surface area contributed by atoms with Crippen molar-refractivity contribution in [3.8, 4) is 0 Å². The Kier molecular flexibility index (Phi) is 3.46. The van der Waals surface area contributed by atoms with Crippen molar-refractivity contribution >= 4 is 17.5 Å². The summed E-state index contributed by atoms with van der Waals surface area (Å²) in [7, 11) is 0. The molecule has 2 amide bonds. The second kappa shape index (κ2) is 4.91. The van der Waals surface area contributed by atoms with Crippen molar-refractivity contribution in [2.75, 3.05) is 5.32 Å². The maximum Gasteiger partial charge on any atom is 0.416 e. The van der Waals surface area contributed by atoms with Crippen molar-refractivity contribution in [2.24, 2.45) is 0 Å². The molecule has 0 aliphatic carbocycles. The summed E-state index contributed by atoms with van der Waals surface area (Å²) in [6.45, 7) is 0. The number of rotatable bonds is 2. The van der Waals surface area contributed by atoms with E-state index in [1.165, 1.54) is 12.1 Å². The third-order valence-electron chi connectivity index (χ3n) is 2.79. The van der Waals surface area contributed by atoms with Crippen LogP contribution in [0.1, 0.15) is 18.4 Å². The van der Waals surface area contributed by atoms with E-state index in [1.807, 2.05) is 0 Å². The molecule has 2 rings (SSSR count). The summed E-state index contributed by atoms with van der Waals surface area (Å²) in [5.41, 5.74) is -0.344. The number of imide groups is 1. The van der Waals surface area contributed by atoms with E-state index in [4.69, 9.17) is 0 Å². The number of piperidine rings is 1. The standard InChI is InChI=1S/C12H11F3N2O2/c13-12(14,15)7-1-3-8(4-2-7)16-9-5-6-10(18)17-11(9)19/h1-4,9,16H,5-6H2,(H,17,18,19). The predicted molar refractivity (Wildman–Crippen MR) is 61.2 cm³/mol. The van der Waals surface area contributed by atoms with Gasteiger partial charge < -0.3 is 5.32 Å². The lowest BCUT2D eigenvalue weighted by Gasteiger charge is -2.22. The molecule has 1 aromatic rings. The highest BCUT2D eigenvalue weighted by Crippen LogP contribution is 2.30. The molecule has 1 atom stereocenters. The quantitative estimate of drug-likeness (QED) is 0.809. The molecule has 1 unspecified atom stereocenters. The van der Waals surface area contributed by atoms with Gasteiger partial charge in [-0.3, -0.25) is 14.9 Å². The van der Waals surface area contributed by atoms with Crippen LogP contribution in [0.25, 0.3) is 0 Å².